The van der Waals surface area contributed by atoms with Crippen molar-refractivity contribution in [2.24, 2.45) is 0 Å². The molecule has 0 saturated heterocycles. The molecule has 0 heterocycles. The maximum absolute atomic E-state index is 12.1. The minimum absolute atomic E-state index is 0.244. The molecule has 0 fully saturated rings. The summed E-state index contributed by atoms with van der Waals surface area (Å²) in [6.45, 7) is 3.82. The molecule has 1 N–H and O–H groups in total. The van der Waals surface area contributed by atoms with E-state index in [0.717, 1.165) is 23.3 Å². The van der Waals surface area contributed by atoms with Crippen molar-refractivity contribution in [1.29, 1.82) is 0 Å². The summed E-state index contributed by atoms with van der Waals surface area (Å²) in [5, 5.41) is 2.71. The number of alkyl halides is 3. The van der Waals surface area contributed by atoms with Gasteiger partial charge in [-0.3, -0.25) is 4.79 Å². The van der Waals surface area contributed by atoms with Gasteiger partial charge in [-0.05, 0) is 61.4 Å². The molecule has 0 atom stereocenters. The average Bonchev–Trinajstić information content (AvgIpc) is 2.36. The highest BCUT2D eigenvalue weighted by atomic mass is 19.4. The molecule has 1 amide bonds. The van der Waals surface area contributed by atoms with E-state index in [9.17, 15) is 18.0 Å². The zero-order valence-electron chi connectivity index (χ0n) is 12.0. The van der Waals surface area contributed by atoms with Crippen molar-refractivity contribution in [1.82, 2.24) is 0 Å². The van der Waals surface area contributed by atoms with Crippen molar-refractivity contribution < 1.29 is 22.7 Å². The van der Waals surface area contributed by atoms with Crippen LogP contribution in [0.5, 0.6) is 5.75 Å². The molecule has 2 rings (SSSR count). The van der Waals surface area contributed by atoms with Crippen molar-refractivity contribution >= 4 is 11.6 Å². The highest BCUT2D eigenvalue weighted by Crippen LogP contribution is 2.23. The highest BCUT2D eigenvalue weighted by Gasteiger charge is 2.31. The Kier molecular flexibility index (Phi) is 4.40. The molecular formula is C16H14F3NO2. The summed E-state index contributed by atoms with van der Waals surface area (Å²) in [4.78, 5) is 12.1. The van der Waals surface area contributed by atoms with Gasteiger partial charge < -0.3 is 10.1 Å². The Bertz CT molecular complexity index is 659. The number of halogens is 3. The number of ether oxygens (including phenoxy) is 1. The van der Waals surface area contributed by atoms with Crippen LogP contribution in [-0.4, -0.2) is 12.3 Å². The average molecular weight is 309 g/mol. The predicted octanol–water partition coefficient (Wildman–Crippen LogP) is 4.45. The van der Waals surface area contributed by atoms with Gasteiger partial charge in [-0.15, -0.1) is 13.2 Å². The smallest absolute Gasteiger partial charge is 0.406 e. The fourth-order valence-electron chi connectivity index (χ4n) is 2.06. The number of rotatable bonds is 3. The normalized spacial score (nSPS) is 11.1. The molecule has 2 aromatic rings. The Morgan fingerprint density at radius 2 is 1.55 bits per heavy atom. The van der Waals surface area contributed by atoms with Crippen LogP contribution in [0.3, 0.4) is 0 Å². The summed E-state index contributed by atoms with van der Waals surface area (Å²) in [6.07, 6.45) is -4.75. The van der Waals surface area contributed by atoms with Crippen LogP contribution in [0.4, 0.5) is 18.9 Å². The third-order valence-electron chi connectivity index (χ3n) is 2.83. The van der Waals surface area contributed by atoms with Crippen molar-refractivity contribution in [3.05, 3.63) is 59.2 Å². The van der Waals surface area contributed by atoms with Crippen LogP contribution in [0.1, 0.15) is 21.5 Å². The Morgan fingerprint density at radius 1 is 1.00 bits per heavy atom. The molecule has 2 aromatic carbocycles. The zero-order valence-corrected chi connectivity index (χ0v) is 12.0. The van der Waals surface area contributed by atoms with Gasteiger partial charge in [0.1, 0.15) is 5.75 Å². The first kappa shape index (κ1) is 15.9. The topological polar surface area (TPSA) is 38.3 Å². The largest absolute Gasteiger partial charge is 0.573 e. The minimum Gasteiger partial charge on any atom is -0.406 e. The highest BCUT2D eigenvalue weighted by molar-refractivity contribution is 6.04. The Balaban J connectivity index is 2.09. The lowest BCUT2D eigenvalue weighted by molar-refractivity contribution is -0.274. The van der Waals surface area contributed by atoms with Crippen molar-refractivity contribution in [2.45, 2.75) is 20.2 Å². The van der Waals surface area contributed by atoms with Crippen molar-refractivity contribution in [3.63, 3.8) is 0 Å². The molecule has 0 saturated carbocycles. The van der Waals surface area contributed by atoms with Crippen LogP contribution in [0, 0.1) is 13.8 Å². The molecule has 3 nitrogen and oxygen atoms in total. The Hall–Kier alpha value is -2.50. The van der Waals surface area contributed by atoms with Gasteiger partial charge in [-0.25, -0.2) is 0 Å². The monoisotopic (exact) mass is 309 g/mol. The molecule has 0 unspecified atom stereocenters. The predicted molar refractivity (Wildman–Crippen MR) is 77.0 cm³/mol. The molecule has 116 valence electrons. The number of aryl methyl sites for hydroxylation is 2. The van der Waals surface area contributed by atoms with E-state index in [4.69, 9.17) is 0 Å². The first-order valence-corrected chi connectivity index (χ1v) is 6.48. The first-order chi connectivity index (χ1) is 10.2. The van der Waals surface area contributed by atoms with Crippen LogP contribution in [0.25, 0.3) is 0 Å². The van der Waals surface area contributed by atoms with E-state index in [0.29, 0.717) is 5.69 Å². The summed E-state index contributed by atoms with van der Waals surface area (Å²) >= 11 is 0. The fraction of sp³-hybridized carbons (Fsp3) is 0.188. The standard InChI is InChI=1S/C16H14F3NO2/c1-10-7-11(2)9-13(8-10)20-15(21)12-3-5-14(6-4-12)22-16(17,18)19/h3-9H,1-2H3,(H,20,21). The molecule has 22 heavy (non-hydrogen) atoms. The SMILES string of the molecule is Cc1cc(C)cc(NC(=O)c2ccc(OC(F)(F)F)cc2)c1. The van der Waals surface area contributed by atoms with Crippen molar-refractivity contribution in [2.75, 3.05) is 5.32 Å². The number of amides is 1. The quantitative estimate of drug-likeness (QED) is 0.909. The number of carbonyl (C=O) groups is 1. The van der Waals surface area contributed by atoms with E-state index in [1.165, 1.54) is 12.1 Å². The van der Waals surface area contributed by atoms with E-state index < -0.39 is 12.3 Å². The van der Waals surface area contributed by atoms with Gasteiger partial charge in [0.25, 0.3) is 5.91 Å². The summed E-state index contributed by atoms with van der Waals surface area (Å²) in [5.74, 6) is -0.765. The molecule has 0 radical (unpaired) electrons. The lowest BCUT2D eigenvalue weighted by Gasteiger charge is -2.10. The number of nitrogens with one attached hydrogen (secondary N) is 1. The number of hydrogen-bond acceptors (Lipinski definition) is 2. The van der Waals surface area contributed by atoms with Gasteiger partial charge in [-0.2, -0.15) is 0 Å². The van der Waals surface area contributed by atoms with Gasteiger partial charge in [0.05, 0.1) is 0 Å². The van der Waals surface area contributed by atoms with Gasteiger partial charge in [0.2, 0.25) is 0 Å². The summed E-state index contributed by atoms with van der Waals surface area (Å²) < 4.78 is 39.9. The number of carbonyl (C=O) groups excluding carboxylic acids is 1. The molecule has 0 spiro atoms. The molecule has 0 aromatic heterocycles. The van der Waals surface area contributed by atoms with E-state index in [1.54, 1.807) is 0 Å². The van der Waals surface area contributed by atoms with Crippen LogP contribution in [-0.2, 0) is 0 Å². The summed E-state index contributed by atoms with van der Waals surface area (Å²) in [5.41, 5.74) is 2.89. The zero-order chi connectivity index (χ0) is 16.3. The van der Waals surface area contributed by atoms with E-state index in [2.05, 4.69) is 10.1 Å². The second-order valence-electron chi connectivity index (χ2n) is 4.90. The van der Waals surface area contributed by atoms with E-state index >= 15 is 0 Å². The van der Waals surface area contributed by atoms with Crippen molar-refractivity contribution in [3.8, 4) is 5.75 Å². The lowest BCUT2D eigenvalue weighted by Crippen LogP contribution is -2.17. The molecule has 0 aliphatic carbocycles. The summed E-state index contributed by atoms with van der Waals surface area (Å²) in [7, 11) is 0. The van der Waals surface area contributed by atoms with Gasteiger partial charge in [0, 0.05) is 11.3 Å². The summed E-state index contributed by atoms with van der Waals surface area (Å²) in [6, 6.07) is 10.4. The molecule has 0 aliphatic rings. The third-order valence-corrected chi connectivity index (χ3v) is 2.83. The van der Waals surface area contributed by atoms with Gasteiger partial charge in [0.15, 0.2) is 0 Å². The van der Waals surface area contributed by atoms with Gasteiger partial charge >= 0.3 is 6.36 Å². The van der Waals surface area contributed by atoms with Crippen LogP contribution in [0.2, 0.25) is 0 Å². The van der Waals surface area contributed by atoms with E-state index in [1.807, 2.05) is 32.0 Å². The van der Waals surface area contributed by atoms with Crippen LogP contribution >= 0.6 is 0 Å². The Labute approximate surface area is 125 Å². The third kappa shape index (κ3) is 4.51. The maximum atomic E-state index is 12.1. The lowest BCUT2D eigenvalue weighted by atomic mass is 10.1. The maximum Gasteiger partial charge on any atom is 0.573 e. The van der Waals surface area contributed by atoms with Gasteiger partial charge in [-0.1, -0.05) is 6.07 Å². The molecule has 0 bridgehead atoms. The molecule has 0 aliphatic heterocycles. The van der Waals surface area contributed by atoms with Crippen LogP contribution in [0.15, 0.2) is 42.5 Å². The second-order valence-corrected chi connectivity index (χ2v) is 4.90. The molecular weight excluding hydrogens is 295 g/mol. The second kappa shape index (κ2) is 6.09. The van der Waals surface area contributed by atoms with Crippen LogP contribution < -0.4 is 10.1 Å². The number of hydrogen-bond donors (Lipinski definition) is 1. The molecule has 6 heteroatoms. The minimum atomic E-state index is -4.75. The number of benzene rings is 2. The first-order valence-electron chi connectivity index (χ1n) is 6.48. The number of anilines is 1. The fourth-order valence-corrected chi connectivity index (χ4v) is 2.06. The van der Waals surface area contributed by atoms with E-state index in [-0.39, 0.29) is 11.3 Å². The Morgan fingerprint density at radius 3 is 2.05 bits per heavy atom.